The first-order chi connectivity index (χ1) is 13.3. The van der Waals surface area contributed by atoms with Crippen molar-refractivity contribution in [3.05, 3.63) is 59.7 Å². The van der Waals surface area contributed by atoms with Gasteiger partial charge in [-0.3, -0.25) is 14.4 Å². The van der Waals surface area contributed by atoms with Gasteiger partial charge >= 0.3 is 0 Å². The Bertz CT molecular complexity index is 933. The van der Waals surface area contributed by atoms with Crippen LogP contribution in [0.15, 0.2) is 42.5 Å². The summed E-state index contributed by atoms with van der Waals surface area (Å²) in [7, 11) is 0. The van der Waals surface area contributed by atoms with E-state index in [1.807, 2.05) is 0 Å². The predicted molar refractivity (Wildman–Crippen MR) is 99.6 cm³/mol. The summed E-state index contributed by atoms with van der Waals surface area (Å²) in [4.78, 5) is 37.8. The summed E-state index contributed by atoms with van der Waals surface area (Å²) in [6.45, 7) is 1.53. The van der Waals surface area contributed by atoms with E-state index in [2.05, 4.69) is 10.6 Å². The molecule has 0 saturated carbocycles. The second kappa shape index (κ2) is 8.16. The quantitative estimate of drug-likeness (QED) is 0.828. The molecule has 0 aromatic heterocycles. The number of hydrogen-bond donors (Lipinski definition) is 2. The maximum atomic E-state index is 13.3. The average Bonchev–Trinajstić information content (AvgIpc) is 2.67. The molecule has 0 spiro atoms. The number of halogens is 2. The van der Waals surface area contributed by atoms with E-state index in [9.17, 15) is 23.2 Å². The van der Waals surface area contributed by atoms with Crippen LogP contribution in [0.25, 0.3) is 0 Å². The lowest BCUT2D eigenvalue weighted by atomic mass is 10.1. The van der Waals surface area contributed by atoms with E-state index in [4.69, 9.17) is 0 Å². The highest BCUT2D eigenvalue weighted by atomic mass is 19.2. The van der Waals surface area contributed by atoms with Crippen LogP contribution in [0.1, 0.15) is 31.4 Å². The fraction of sp³-hybridized carbons (Fsp3) is 0.250. The van der Waals surface area contributed by atoms with Crippen molar-refractivity contribution in [2.24, 2.45) is 0 Å². The van der Waals surface area contributed by atoms with Crippen LogP contribution in [-0.2, 0) is 14.4 Å². The number of hydrogen-bond acceptors (Lipinski definition) is 3. The molecule has 3 rings (SSSR count). The number of fused-ring (bicyclic) bond motifs is 1. The molecule has 3 amide bonds. The molecule has 2 N–H and O–H groups in total. The smallest absolute Gasteiger partial charge is 0.244 e. The van der Waals surface area contributed by atoms with E-state index in [0.29, 0.717) is 16.9 Å². The Hall–Kier alpha value is -3.29. The number of anilines is 2. The number of nitrogens with zero attached hydrogens (tertiary/aromatic N) is 1. The van der Waals surface area contributed by atoms with E-state index in [1.165, 1.54) is 11.0 Å². The number of carbonyl (C=O) groups is 3. The molecule has 0 radical (unpaired) electrons. The maximum absolute atomic E-state index is 13.3. The van der Waals surface area contributed by atoms with E-state index in [0.717, 1.165) is 12.1 Å². The molecule has 0 aliphatic carbocycles. The van der Waals surface area contributed by atoms with Crippen molar-refractivity contribution in [3.8, 4) is 0 Å². The Kier molecular flexibility index (Phi) is 5.67. The maximum Gasteiger partial charge on any atom is 0.244 e. The third-order valence-electron chi connectivity index (χ3n) is 4.46. The molecule has 0 fully saturated rings. The third-order valence-corrected chi connectivity index (χ3v) is 4.46. The van der Waals surface area contributed by atoms with E-state index >= 15 is 0 Å². The van der Waals surface area contributed by atoms with E-state index < -0.39 is 23.6 Å². The Morgan fingerprint density at radius 3 is 2.64 bits per heavy atom. The van der Waals surface area contributed by atoms with Gasteiger partial charge in [0, 0.05) is 12.8 Å². The first-order valence-electron chi connectivity index (χ1n) is 8.78. The molecule has 2 aromatic rings. The first-order valence-corrected chi connectivity index (χ1v) is 8.78. The molecular weight excluding hydrogens is 368 g/mol. The van der Waals surface area contributed by atoms with Gasteiger partial charge in [-0.2, -0.15) is 0 Å². The topological polar surface area (TPSA) is 78.5 Å². The predicted octanol–water partition coefficient (Wildman–Crippen LogP) is 2.91. The molecular formula is C20H19F2N3O3. The Morgan fingerprint density at radius 1 is 1.14 bits per heavy atom. The summed E-state index contributed by atoms with van der Waals surface area (Å²) in [5, 5.41) is 5.34. The number of para-hydroxylation sites is 2. The van der Waals surface area contributed by atoms with E-state index in [-0.39, 0.29) is 31.2 Å². The highest BCUT2D eigenvalue weighted by Gasteiger charge is 2.26. The summed E-state index contributed by atoms with van der Waals surface area (Å²) < 4.78 is 26.3. The van der Waals surface area contributed by atoms with Crippen molar-refractivity contribution >= 4 is 29.1 Å². The fourth-order valence-corrected chi connectivity index (χ4v) is 2.99. The molecule has 1 aliphatic rings. The second-order valence-corrected chi connectivity index (χ2v) is 6.51. The van der Waals surface area contributed by atoms with Gasteiger partial charge in [0.05, 0.1) is 17.4 Å². The number of carbonyl (C=O) groups excluding carboxylic acids is 3. The summed E-state index contributed by atoms with van der Waals surface area (Å²) in [6.07, 6.45) is -0.176. The van der Waals surface area contributed by atoms with Gasteiger partial charge in [0.1, 0.15) is 6.54 Å². The van der Waals surface area contributed by atoms with Crippen molar-refractivity contribution in [2.45, 2.75) is 25.8 Å². The second-order valence-electron chi connectivity index (χ2n) is 6.51. The number of amides is 3. The Morgan fingerprint density at radius 2 is 1.89 bits per heavy atom. The number of benzene rings is 2. The molecule has 28 heavy (non-hydrogen) atoms. The lowest BCUT2D eigenvalue weighted by Gasteiger charge is -2.29. The zero-order valence-electron chi connectivity index (χ0n) is 15.2. The number of nitrogens with one attached hydrogen (secondary N) is 2. The molecule has 1 atom stereocenters. The third kappa shape index (κ3) is 4.33. The molecule has 6 nitrogen and oxygen atoms in total. The van der Waals surface area contributed by atoms with Gasteiger partial charge in [-0.25, -0.2) is 8.78 Å². The van der Waals surface area contributed by atoms with Gasteiger partial charge in [0.15, 0.2) is 11.6 Å². The summed E-state index contributed by atoms with van der Waals surface area (Å²) in [5.74, 6) is -3.00. The minimum absolute atomic E-state index is 0.0854. The Balaban J connectivity index is 1.58. The lowest BCUT2D eigenvalue weighted by molar-refractivity contribution is -0.126. The summed E-state index contributed by atoms with van der Waals surface area (Å²) >= 11 is 0. The molecule has 1 heterocycles. The zero-order chi connectivity index (χ0) is 20.3. The van der Waals surface area contributed by atoms with Crippen molar-refractivity contribution < 1.29 is 23.2 Å². The summed E-state index contributed by atoms with van der Waals surface area (Å²) in [5.41, 5.74) is 1.55. The SMILES string of the molecule is CC(NC(=O)CCC(=O)N1CC(=O)Nc2ccccc21)c1ccc(F)c(F)c1. The Labute approximate surface area is 160 Å². The van der Waals surface area contributed by atoms with Crippen LogP contribution in [0, 0.1) is 11.6 Å². The highest BCUT2D eigenvalue weighted by molar-refractivity contribution is 6.10. The molecule has 0 saturated heterocycles. The van der Waals surface area contributed by atoms with Gasteiger partial charge in [-0.1, -0.05) is 18.2 Å². The molecule has 146 valence electrons. The first kappa shape index (κ1) is 19.5. The standard InChI is InChI=1S/C20H19F2N3O3/c1-12(13-6-7-14(21)15(22)10-13)23-18(26)8-9-20(28)25-11-19(27)24-16-4-2-3-5-17(16)25/h2-7,10,12H,8-9,11H2,1H3,(H,23,26)(H,24,27). The van der Waals surface area contributed by atoms with Crippen LogP contribution in [0.2, 0.25) is 0 Å². The highest BCUT2D eigenvalue weighted by Crippen LogP contribution is 2.29. The molecule has 2 aromatic carbocycles. The van der Waals surface area contributed by atoms with Crippen LogP contribution in [-0.4, -0.2) is 24.3 Å². The van der Waals surface area contributed by atoms with E-state index in [1.54, 1.807) is 31.2 Å². The van der Waals surface area contributed by atoms with Crippen molar-refractivity contribution in [3.63, 3.8) is 0 Å². The van der Waals surface area contributed by atoms with Crippen molar-refractivity contribution in [2.75, 3.05) is 16.8 Å². The number of rotatable bonds is 5. The van der Waals surface area contributed by atoms with Crippen LogP contribution < -0.4 is 15.5 Å². The largest absolute Gasteiger partial charge is 0.350 e. The molecule has 0 bridgehead atoms. The molecule has 8 heteroatoms. The van der Waals surface area contributed by atoms with Crippen molar-refractivity contribution in [1.29, 1.82) is 0 Å². The zero-order valence-corrected chi connectivity index (χ0v) is 15.2. The van der Waals surface area contributed by atoms with Crippen LogP contribution >= 0.6 is 0 Å². The minimum Gasteiger partial charge on any atom is -0.350 e. The summed E-state index contributed by atoms with van der Waals surface area (Å²) in [6, 6.07) is 9.79. The fourth-order valence-electron chi connectivity index (χ4n) is 2.99. The monoisotopic (exact) mass is 387 g/mol. The van der Waals surface area contributed by atoms with Crippen molar-refractivity contribution in [1.82, 2.24) is 5.32 Å². The molecule has 1 aliphatic heterocycles. The van der Waals surface area contributed by atoms with Crippen LogP contribution in [0.3, 0.4) is 0 Å². The van der Waals surface area contributed by atoms with Crippen LogP contribution in [0.5, 0.6) is 0 Å². The van der Waals surface area contributed by atoms with Crippen LogP contribution in [0.4, 0.5) is 20.2 Å². The lowest BCUT2D eigenvalue weighted by Crippen LogP contribution is -2.42. The van der Waals surface area contributed by atoms with Gasteiger partial charge in [-0.05, 0) is 36.8 Å². The van der Waals surface area contributed by atoms with Gasteiger partial charge < -0.3 is 15.5 Å². The molecule has 1 unspecified atom stereocenters. The minimum atomic E-state index is -0.990. The average molecular weight is 387 g/mol. The van der Waals surface area contributed by atoms with Gasteiger partial charge in [-0.15, -0.1) is 0 Å². The van der Waals surface area contributed by atoms with Gasteiger partial charge in [0.2, 0.25) is 17.7 Å². The normalized spacial score (nSPS) is 14.1. The van der Waals surface area contributed by atoms with Gasteiger partial charge in [0.25, 0.3) is 0 Å².